The van der Waals surface area contributed by atoms with Crippen LogP contribution in [0.5, 0.6) is 0 Å². The van der Waals surface area contributed by atoms with Gasteiger partial charge in [-0.25, -0.2) is 4.98 Å². The number of aromatic nitrogens is 3. The van der Waals surface area contributed by atoms with Crippen molar-refractivity contribution in [2.45, 2.75) is 39.2 Å². The van der Waals surface area contributed by atoms with Crippen LogP contribution in [0.25, 0.3) is 10.9 Å². The molecule has 1 aliphatic rings. The highest BCUT2D eigenvalue weighted by atomic mass is 16.1. The number of pyridine rings is 1. The number of hydrogen-bond donors (Lipinski definition) is 2. The Labute approximate surface area is 184 Å². The summed E-state index contributed by atoms with van der Waals surface area (Å²) in [6, 6.07) is 12.0. The molecule has 0 unspecified atom stereocenters. The predicted octanol–water partition coefficient (Wildman–Crippen LogP) is 4.13. The number of fused-ring (bicyclic) bond motifs is 1. The minimum Gasteiger partial charge on any atom is -0.362 e. The number of anilines is 2. The van der Waals surface area contributed by atoms with E-state index in [1.807, 2.05) is 37.2 Å². The van der Waals surface area contributed by atoms with Gasteiger partial charge in [-0.05, 0) is 55.9 Å². The number of para-hydroxylation sites is 1. The van der Waals surface area contributed by atoms with Crippen molar-refractivity contribution in [1.82, 2.24) is 20.3 Å². The number of amides is 1. The molecule has 31 heavy (non-hydrogen) atoms. The maximum absolute atomic E-state index is 12.2. The van der Waals surface area contributed by atoms with Gasteiger partial charge >= 0.3 is 0 Å². The van der Waals surface area contributed by atoms with E-state index in [1.165, 1.54) is 0 Å². The molecule has 0 bridgehead atoms. The van der Waals surface area contributed by atoms with Crippen LogP contribution < -0.4 is 15.5 Å². The van der Waals surface area contributed by atoms with E-state index in [0.717, 1.165) is 42.4 Å². The maximum atomic E-state index is 12.2. The number of carbonyl (C=O) groups excluding carboxylic acids is 1. The summed E-state index contributed by atoms with van der Waals surface area (Å²) in [4.78, 5) is 27.7. The molecule has 164 valence electrons. The van der Waals surface area contributed by atoms with Gasteiger partial charge in [-0.2, -0.15) is 4.98 Å². The second-order valence-electron chi connectivity index (χ2n) is 8.10. The van der Waals surface area contributed by atoms with Crippen molar-refractivity contribution in [3.63, 3.8) is 0 Å². The Morgan fingerprint density at radius 3 is 2.55 bits per heavy atom. The van der Waals surface area contributed by atoms with Crippen molar-refractivity contribution in [3.8, 4) is 0 Å². The highest BCUT2D eigenvalue weighted by Crippen LogP contribution is 2.28. The molecule has 0 saturated heterocycles. The van der Waals surface area contributed by atoms with E-state index in [-0.39, 0.29) is 13.3 Å². The Morgan fingerprint density at radius 1 is 1.06 bits per heavy atom. The average Bonchev–Trinajstić information content (AvgIpc) is 2.78. The van der Waals surface area contributed by atoms with Crippen molar-refractivity contribution in [2.24, 2.45) is 5.92 Å². The van der Waals surface area contributed by atoms with Crippen molar-refractivity contribution in [3.05, 3.63) is 54.4 Å². The quantitative estimate of drug-likeness (QED) is 0.624. The molecule has 3 aromatic rings. The third kappa shape index (κ3) is 5.48. The van der Waals surface area contributed by atoms with E-state index in [0.29, 0.717) is 30.0 Å². The maximum Gasteiger partial charge on any atom is 0.252 e. The Hall–Kier alpha value is -3.22. The lowest BCUT2D eigenvalue weighted by molar-refractivity contribution is 0.0943. The third-order valence-electron chi connectivity index (χ3n) is 5.66. The van der Waals surface area contributed by atoms with Crippen LogP contribution in [0.2, 0.25) is 0 Å². The summed E-state index contributed by atoms with van der Waals surface area (Å²) in [6.07, 6.45) is 7.49. The molecule has 0 radical (unpaired) electrons. The minimum atomic E-state index is -0.0517. The molecule has 1 fully saturated rings. The molecule has 4 rings (SSSR count). The van der Waals surface area contributed by atoms with Crippen LogP contribution in [-0.2, 0) is 0 Å². The van der Waals surface area contributed by atoms with E-state index in [9.17, 15) is 4.79 Å². The van der Waals surface area contributed by atoms with Gasteiger partial charge in [0.1, 0.15) is 5.82 Å². The van der Waals surface area contributed by atoms with Gasteiger partial charge in [0.2, 0.25) is 5.95 Å². The minimum absolute atomic E-state index is 0. The van der Waals surface area contributed by atoms with E-state index in [1.54, 1.807) is 24.5 Å². The summed E-state index contributed by atoms with van der Waals surface area (Å²) in [5, 5.41) is 7.64. The first-order chi connectivity index (χ1) is 14.6. The molecule has 2 N–H and O–H groups in total. The summed E-state index contributed by atoms with van der Waals surface area (Å²) < 4.78 is 0. The number of nitrogens with one attached hydrogen (secondary N) is 2. The lowest BCUT2D eigenvalue weighted by atomic mass is 9.86. The molecule has 1 saturated carbocycles. The number of nitrogens with zero attached hydrogens (tertiary/aromatic N) is 4. The lowest BCUT2D eigenvalue weighted by Gasteiger charge is -2.29. The van der Waals surface area contributed by atoms with Crippen molar-refractivity contribution < 1.29 is 4.79 Å². The van der Waals surface area contributed by atoms with Gasteiger partial charge in [-0.3, -0.25) is 9.78 Å². The number of rotatable bonds is 6. The Kier molecular flexibility index (Phi) is 7.39. The van der Waals surface area contributed by atoms with Crippen LogP contribution in [0.4, 0.5) is 11.8 Å². The predicted molar refractivity (Wildman–Crippen MR) is 127 cm³/mol. The van der Waals surface area contributed by atoms with Crippen LogP contribution >= 0.6 is 0 Å². The highest BCUT2D eigenvalue weighted by Gasteiger charge is 2.23. The van der Waals surface area contributed by atoms with E-state index >= 15 is 0 Å². The molecule has 1 amide bonds. The second kappa shape index (κ2) is 10.2. The van der Waals surface area contributed by atoms with Crippen LogP contribution in [0.3, 0.4) is 0 Å². The fourth-order valence-electron chi connectivity index (χ4n) is 3.99. The van der Waals surface area contributed by atoms with Crippen molar-refractivity contribution in [2.75, 3.05) is 30.9 Å². The SMILES string of the molecule is C.CN(C)c1nc(NC2CCC(CNC(=O)c3cccnc3)CC2)nc2ccccc12. The molecule has 7 nitrogen and oxygen atoms in total. The number of benzene rings is 1. The zero-order chi connectivity index (χ0) is 20.9. The first-order valence-corrected chi connectivity index (χ1v) is 10.5. The molecule has 2 heterocycles. The average molecular weight is 421 g/mol. The van der Waals surface area contributed by atoms with E-state index < -0.39 is 0 Å². The van der Waals surface area contributed by atoms with Gasteiger partial charge < -0.3 is 15.5 Å². The van der Waals surface area contributed by atoms with Gasteiger partial charge in [-0.1, -0.05) is 19.6 Å². The van der Waals surface area contributed by atoms with Crippen molar-refractivity contribution in [1.29, 1.82) is 0 Å². The number of carbonyl (C=O) groups is 1. The van der Waals surface area contributed by atoms with Crippen LogP contribution in [0, 0.1) is 5.92 Å². The Balaban J connectivity index is 0.00000272. The molecule has 2 aromatic heterocycles. The fraction of sp³-hybridized carbons (Fsp3) is 0.417. The molecule has 1 aromatic carbocycles. The standard InChI is InChI=1S/C23H28N6O.CH4/c1-29(2)21-19-7-3-4-8-20(19)27-23(28-21)26-18-11-9-16(10-12-18)14-25-22(30)17-6-5-13-24-15-17;/h3-8,13,15-16,18H,9-12,14H2,1-2H3,(H,25,30)(H,26,27,28);1H4. The third-order valence-corrected chi connectivity index (χ3v) is 5.66. The summed E-state index contributed by atoms with van der Waals surface area (Å²) in [7, 11) is 4.01. The van der Waals surface area contributed by atoms with Crippen molar-refractivity contribution >= 4 is 28.6 Å². The lowest BCUT2D eigenvalue weighted by Crippen LogP contribution is -2.34. The van der Waals surface area contributed by atoms with Gasteiger partial charge in [0, 0.05) is 44.5 Å². The first kappa shape index (κ1) is 22.5. The zero-order valence-electron chi connectivity index (χ0n) is 17.5. The number of hydrogen-bond acceptors (Lipinski definition) is 6. The van der Waals surface area contributed by atoms with Crippen LogP contribution in [-0.4, -0.2) is 47.5 Å². The topological polar surface area (TPSA) is 83.0 Å². The molecule has 1 aliphatic carbocycles. The van der Waals surface area contributed by atoms with Gasteiger partial charge in [0.25, 0.3) is 5.91 Å². The monoisotopic (exact) mass is 420 g/mol. The molecule has 0 aliphatic heterocycles. The molecule has 0 spiro atoms. The van der Waals surface area contributed by atoms with E-state index in [2.05, 4.69) is 21.7 Å². The molecular formula is C24H32N6O. The van der Waals surface area contributed by atoms with E-state index in [4.69, 9.17) is 9.97 Å². The molecule has 0 atom stereocenters. The second-order valence-corrected chi connectivity index (χ2v) is 8.10. The summed E-state index contributed by atoms with van der Waals surface area (Å²) in [5.41, 5.74) is 1.56. The summed E-state index contributed by atoms with van der Waals surface area (Å²) >= 11 is 0. The van der Waals surface area contributed by atoms with Crippen LogP contribution in [0.15, 0.2) is 48.8 Å². The smallest absolute Gasteiger partial charge is 0.252 e. The summed E-state index contributed by atoms with van der Waals surface area (Å²) in [6.45, 7) is 0.706. The largest absolute Gasteiger partial charge is 0.362 e. The highest BCUT2D eigenvalue weighted by molar-refractivity contribution is 5.93. The zero-order valence-corrected chi connectivity index (χ0v) is 17.5. The fourth-order valence-corrected chi connectivity index (χ4v) is 3.99. The van der Waals surface area contributed by atoms with Gasteiger partial charge in [-0.15, -0.1) is 0 Å². The van der Waals surface area contributed by atoms with Gasteiger partial charge in [0.15, 0.2) is 0 Å². The Morgan fingerprint density at radius 2 is 1.84 bits per heavy atom. The Bertz CT molecular complexity index is 999. The van der Waals surface area contributed by atoms with Crippen LogP contribution in [0.1, 0.15) is 43.5 Å². The molecule has 7 heteroatoms. The van der Waals surface area contributed by atoms with Gasteiger partial charge in [0.05, 0.1) is 11.1 Å². The summed E-state index contributed by atoms with van der Waals surface area (Å²) in [5.74, 6) is 2.06. The molecular weight excluding hydrogens is 388 g/mol. The normalized spacial score (nSPS) is 18.1. The first-order valence-electron chi connectivity index (χ1n) is 10.5.